The molecule has 0 saturated carbocycles. The molecule has 226 valence electrons. The molecule has 0 unspecified atom stereocenters. The number of anilines is 1. The summed E-state index contributed by atoms with van der Waals surface area (Å²) in [5, 5.41) is 0.457. The number of hydrogen-bond donors (Lipinski definition) is 0. The fourth-order valence-corrected chi connectivity index (χ4v) is 6.85. The number of benzene rings is 2. The molecule has 2 aliphatic rings. The van der Waals surface area contributed by atoms with Gasteiger partial charge in [-0.15, -0.1) is 0 Å². The lowest BCUT2D eigenvalue weighted by Crippen LogP contribution is -2.36. The fourth-order valence-electron chi connectivity index (χ4n) is 5.35. The zero-order valence-electron chi connectivity index (χ0n) is 23.7. The van der Waals surface area contributed by atoms with Crippen LogP contribution in [0.3, 0.4) is 0 Å². The fraction of sp³-hybridized carbons (Fsp3) is 0.310. The lowest BCUT2D eigenvalue weighted by atomic mass is 10.1. The molecule has 2 aliphatic heterocycles. The zero-order chi connectivity index (χ0) is 30.3. The first-order valence-electron chi connectivity index (χ1n) is 13.4. The first kappa shape index (κ1) is 28.8. The normalized spacial score (nSPS) is 15.7. The van der Waals surface area contributed by atoms with Gasteiger partial charge in [0.1, 0.15) is 5.69 Å². The molecule has 43 heavy (non-hydrogen) atoms. The Bertz CT molecular complexity index is 1800. The van der Waals surface area contributed by atoms with E-state index in [0.29, 0.717) is 55.2 Å². The highest BCUT2D eigenvalue weighted by Gasteiger charge is 2.34. The van der Waals surface area contributed by atoms with E-state index in [4.69, 9.17) is 18.9 Å². The summed E-state index contributed by atoms with van der Waals surface area (Å²) in [5.41, 5.74) is 1.09. The number of ether oxygens (including phenoxy) is 4. The third-order valence-corrected chi connectivity index (χ3v) is 9.20. The van der Waals surface area contributed by atoms with Crippen LogP contribution in [-0.4, -0.2) is 75.9 Å². The van der Waals surface area contributed by atoms with Gasteiger partial charge in [0.2, 0.25) is 0 Å². The van der Waals surface area contributed by atoms with Crippen molar-refractivity contribution < 1.29 is 36.1 Å². The topological polar surface area (TPSA) is 108 Å². The maximum atomic E-state index is 15.5. The van der Waals surface area contributed by atoms with Gasteiger partial charge in [-0.05, 0) is 18.2 Å². The highest BCUT2D eigenvalue weighted by Crippen LogP contribution is 2.42. The molecule has 1 fully saturated rings. The number of nitrogens with zero attached hydrogens (tertiary/aromatic N) is 5. The first-order valence-corrected chi connectivity index (χ1v) is 14.9. The molecule has 0 atom stereocenters. The van der Waals surface area contributed by atoms with Crippen molar-refractivity contribution in [2.45, 2.75) is 18.0 Å². The third-order valence-electron chi connectivity index (χ3n) is 7.45. The lowest BCUT2D eigenvalue weighted by Gasteiger charge is -2.30. The second kappa shape index (κ2) is 11.4. The van der Waals surface area contributed by atoms with E-state index < -0.39 is 27.3 Å². The van der Waals surface area contributed by atoms with Crippen LogP contribution in [-0.2, 0) is 32.6 Å². The van der Waals surface area contributed by atoms with E-state index in [1.807, 2.05) is 0 Å². The molecular formula is C29H29F2N5O6S. The summed E-state index contributed by atoms with van der Waals surface area (Å²) >= 11 is 0. The van der Waals surface area contributed by atoms with Crippen LogP contribution in [0.15, 0.2) is 58.5 Å². The van der Waals surface area contributed by atoms with E-state index in [1.165, 1.54) is 48.5 Å². The van der Waals surface area contributed by atoms with Gasteiger partial charge in [-0.2, -0.15) is 4.99 Å². The molecule has 4 heterocycles. The van der Waals surface area contributed by atoms with E-state index in [-0.39, 0.29) is 34.6 Å². The van der Waals surface area contributed by atoms with Crippen LogP contribution in [0.2, 0.25) is 0 Å². The maximum Gasteiger partial charge on any atom is 0.297 e. The second-order valence-electron chi connectivity index (χ2n) is 9.92. The van der Waals surface area contributed by atoms with Gasteiger partial charge in [0.05, 0.1) is 57.4 Å². The monoisotopic (exact) mass is 613 g/mol. The molecule has 0 amide bonds. The Kier molecular flexibility index (Phi) is 7.66. The Hall–Kier alpha value is -4.27. The van der Waals surface area contributed by atoms with Gasteiger partial charge in [-0.1, -0.05) is 18.2 Å². The van der Waals surface area contributed by atoms with Crippen LogP contribution in [0.5, 0.6) is 11.5 Å². The molecule has 11 nitrogen and oxygen atoms in total. The van der Waals surface area contributed by atoms with Crippen LogP contribution < -0.4 is 14.4 Å². The van der Waals surface area contributed by atoms with Gasteiger partial charge in [-0.25, -0.2) is 26.2 Å². The Morgan fingerprint density at radius 1 is 0.953 bits per heavy atom. The minimum atomic E-state index is -4.05. The number of aliphatic imine (C=N–C) groups is 1. The zero-order valence-corrected chi connectivity index (χ0v) is 24.5. The van der Waals surface area contributed by atoms with Crippen LogP contribution in [0.1, 0.15) is 11.3 Å². The molecule has 1 saturated heterocycles. The summed E-state index contributed by atoms with van der Waals surface area (Å²) in [6, 6.07) is 10.9. The summed E-state index contributed by atoms with van der Waals surface area (Å²) in [6.07, 6.45) is 1.46. The molecule has 4 aromatic rings. The van der Waals surface area contributed by atoms with Crippen molar-refractivity contribution in [3.05, 3.63) is 71.6 Å². The van der Waals surface area contributed by atoms with Crippen molar-refractivity contribution in [3.8, 4) is 11.5 Å². The highest BCUT2D eigenvalue weighted by molar-refractivity contribution is 7.90. The molecular weight excluding hydrogens is 584 g/mol. The smallest absolute Gasteiger partial charge is 0.297 e. The van der Waals surface area contributed by atoms with E-state index in [9.17, 15) is 8.42 Å². The Labute approximate surface area is 246 Å². The third kappa shape index (κ3) is 4.94. The quantitative estimate of drug-likeness (QED) is 0.305. The number of fused-ring (bicyclic) bond motifs is 3. The number of aromatic nitrogens is 2. The molecule has 14 heteroatoms. The Morgan fingerprint density at radius 2 is 1.63 bits per heavy atom. The van der Waals surface area contributed by atoms with E-state index >= 15 is 8.78 Å². The van der Waals surface area contributed by atoms with E-state index in [0.717, 1.165) is 6.07 Å². The number of methoxy groups -OCH3 is 3. The van der Waals surface area contributed by atoms with Crippen molar-refractivity contribution in [2.24, 2.45) is 4.99 Å². The summed E-state index contributed by atoms with van der Waals surface area (Å²) < 4.78 is 81.4. The lowest BCUT2D eigenvalue weighted by molar-refractivity contribution is 0.0336. The molecule has 0 spiro atoms. The second-order valence-corrected chi connectivity index (χ2v) is 11.7. The Morgan fingerprint density at radius 3 is 2.26 bits per heavy atom. The van der Waals surface area contributed by atoms with Gasteiger partial charge in [-0.3, -0.25) is 9.80 Å². The minimum absolute atomic E-state index is 0.0788. The summed E-state index contributed by atoms with van der Waals surface area (Å²) in [4.78, 5) is 12.6. The Balaban J connectivity index is 1.53. The average Bonchev–Trinajstić information content (AvgIpc) is 3.41. The number of amidine groups is 1. The highest BCUT2D eigenvalue weighted by atomic mass is 32.2. The van der Waals surface area contributed by atoms with Crippen LogP contribution in [0, 0.1) is 11.6 Å². The van der Waals surface area contributed by atoms with Crippen LogP contribution >= 0.6 is 0 Å². The van der Waals surface area contributed by atoms with Gasteiger partial charge in [0.15, 0.2) is 28.8 Å². The van der Waals surface area contributed by atoms with Gasteiger partial charge < -0.3 is 18.9 Å². The molecule has 0 bridgehead atoms. The van der Waals surface area contributed by atoms with Gasteiger partial charge >= 0.3 is 0 Å². The largest absolute Gasteiger partial charge is 0.493 e. The molecule has 2 aromatic heterocycles. The van der Waals surface area contributed by atoms with Crippen molar-refractivity contribution in [1.29, 1.82) is 0 Å². The van der Waals surface area contributed by atoms with Gasteiger partial charge in [0.25, 0.3) is 16.0 Å². The average molecular weight is 614 g/mol. The number of rotatable bonds is 7. The van der Waals surface area contributed by atoms with Crippen LogP contribution in [0.25, 0.3) is 11.0 Å². The number of pyridine rings is 1. The number of hydrogen-bond acceptors (Lipinski definition) is 10. The number of morpholine rings is 1. The molecule has 6 rings (SSSR count). The van der Waals surface area contributed by atoms with Crippen molar-refractivity contribution in [2.75, 3.05) is 52.5 Å². The predicted octanol–water partition coefficient (Wildman–Crippen LogP) is 4.06. The maximum absolute atomic E-state index is 15.5. The molecule has 2 aromatic carbocycles. The molecule has 0 aliphatic carbocycles. The van der Waals surface area contributed by atoms with Crippen molar-refractivity contribution in [3.63, 3.8) is 0 Å². The standard InChI is InChI=1S/C29H29F2N5O6S/c1-39-22-14-23(40-2)25(31)27(24(22)30)35-16-18-15-32-28-21(26(18)33-29(35)41-3)13-19(17-34-9-11-42-12-10-34)36(28)43(37,38)20-7-5-4-6-8-20/h4-8,13-15H,9-12,16-17H2,1-3H3. The first-order chi connectivity index (χ1) is 20.8. The predicted molar refractivity (Wildman–Crippen MR) is 155 cm³/mol. The van der Waals surface area contributed by atoms with Crippen LogP contribution in [0.4, 0.5) is 20.2 Å². The summed E-state index contributed by atoms with van der Waals surface area (Å²) in [6.45, 7) is 2.61. The van der Waals surface area contributed by atoms with E-state index in [2.05, 4.69) is 14.9 Å². The SMILES string of the molecule is COC1=Nc2c(cnc3c2cc(CN2CCOCC2)n3S(=O)(=O)c2ccccc2)CN1c1c(F)c(OC)cc(OC)c1F. The van der Waals surface area contributed by atoms with E-state index in [1.54, 1.807) is 24.3 Å². The van der Waals surface area contributed by atoms with Crippen molar-refractivity contribution >= 4 is 38.5 Å². The number of halogens is 2. The minimum Gasteiger partial charge on any atom is -0.493 e. The molecule has 0 radical (unpaired) electrons. The summed E-state index contributed by atoms with van der Waals surface area (Å²) in [5.74, 6) is -2.37. The molecule has 0 N–H and O–H groups in total. The summed E-state index contributed by atoms with van der Waals surface area (Å²) in [7, 11) is -0.193. The van der Waals surface area contributed by atoms with Gasteiger partial charge in [0, 0.05) is 42.8 Å². The van der Waals surface area contributed by atoms with Crippen molar-refractivity contribution in [1.82, 2.24) is 13.9 Å².